The lowest BCUT2D eigenvalue weighted by molar-refractivity contribution is 0.177. The van der Waals surface area contributed by atoms with E-state index < -0.39 is 11.9 Å². The molecule has 0 aliphatic carbocycles. The van der Waals surface area contributed by atoms with Gasteiger partial charge < -0.3 is 9.84 Å². The third-order valence-corrected chi connectivity index (χ3v) is 4.15. The van der Waals surface area contributed by atoms with Crippen molar-refractivity contribution in [1.82, 2.24) is 0 Å². The van der Waals surface area contributed by atoms with Crippen LogP contribution in [0, 0.1) is 5.82 Å². The van der Waals surface area contributed by atoms with Crippen molar-refractivity contribution in [3.05, 3.63) is 62.8 Å². The first kappa shape index (κ1) is 15.3. The standard InChI is InChI=1S/C15H13BrClFO2/c1-20-10-5-6-12(16)11(8-10)14(19)7-9-3-2-4-13(18)15(9)17/h2-6,8,14,19H,7H2,1H3. The molecule has 5 heteroatoms. The zero-order valence-electron chi connectivity index (χ0n) is 10.7. The second kappa shape index (κ2) is 6.57. The highest BCUT2D eigenvalue weighted by Crippen LogP contribution is 2.31. The van der Waals surface area contributed by atoms with Crippen molar-refractivity contribution < 1.29 is 14.2 Å². The van der Waals surface area contributed by atoms with Gasteiger partial charge in [-0.25, -0.2) is 4.39 Å². The highest BCUT2D eigenvalue weighted by molar-refractivity contribution is 9.10. The molecule has 0 bridgehead atoms. The van der Waals surface area contributed by atoms with Crippen molar-refractivity contribution in [2.75, 3.05) is 7.11 Å². The number of benzene rings is 2. The Bertz CT molecular complexity index is 619. The first-order valence-electron chi connectivity index (χ1n) is 5.97. The summed E-state index contributed by atoms with van der Waals surface area (Å²) >= 11 is 9.28. The van der Waals surface area contributed by atoms with E-state index in [1.165, 1.54) is 6.07 Å². The van der Waals surface area contributed by atoms with Crippen LogP contribution in [0.3, 0.4) is 0 Å². The van der Waals surface area contributed by atoms with Gasteiger partial charge in [0.05, 0.1) is 18.2 Å². The van der Waals surface area contributed by atoms with Gasteiger partial charge in [0.1, 0.15) is 11.6 Å². The molecule has 2 aromatic rings. The van der Waals surface area contributed by atoms with Crippen molar-refractivity contribution in [3.63, 3.8) is 0 Å². The van der Waals surface area contributed by atoms with Crippen molar-refractivity contribution in [2.24, 2.45) is 0 Å². The van der Waals surface area contributed by atoms with Gasteiger partial charge in [-0.05, 0) is 35.4 Å². The molecule has 0 amide bonds. The Balaban J connectivity index is 2.28. The normalized spacial score (nSPS) is 12.2. The van der Waals surface area contributed by atoms with E-state index in [1.54, 1.807) is 37.4 Å². The lowest BCUT2D eigenvalue weighted by Gasteiger charge is -2.15. The molecule has 0 aliphatic heterocycles. The van der Waals surface area contributed by atoms with Crippen LogP contribution in [-0.2, 0) is 6.42 Å². The minimum atomic E-state index is -0.807. The first-order valence-corrected chi connectivity index (χ1v) is 7.14. The van der Waals surface area contributed by atoms with Gasteiger partial charge in [-0.3, -0.25) is 0 Å². The first-order chi connectivity index (χ1) is 9.52. The molecule has 1 atom stereocenters. The highest BCUT2D eigenvalue weighted by Gasteiger charge is 2.16. The minimum absolute atomic E-state index is 0.0468. The molecule has 1 unspecified atom stereocenters. The van der Waals surface area contributed by atoms with E-state index in [9.17, 15) is 9.50 Å². The van der Waals surface area contributed by atoms with Gasteiger partial charge in [-0.1, -0.05) is 39.7 Å². The summed E-state index contributed by atoms with van der Waals surface area (Å²) in [6.07, 6.45) is -0.582. The molecular formula is C15H13BrClFO2. The summed E-state index contributed by atoms with van der Waals surface area (Å²) in [4.78, 5) is 0. The van der Waals surface area contributed by atoms with Crippen LogP contribution < -0.4 is 4.74 Å². The summed E-state index contributed by atoms with van der Waals surface area (Å²) in [6, 6.07) is 9.88. The number of rotatable bonds is 4. The molecule has 0 heterocycles. The molecule has 20 heavy (non-hydrogen) atoms. The molecule has 0 radical (unpaired) electrons. The van der Waals surface area contributed by atoms with Gasteiger partial charge in [0.2, 0.25) is 0 Å². The summed E-state index contributed by atoms with van der Waals surface area (Å²) in [7, 11) is 1.56. The Kier molecular flexibility index (Phi) is 5.02. The van der Waals surface area contributed by atoms with E-state index in [-0.39, 0.29) is 11.4 Å². The van der Waals surface area contributed by atoms with Crippen LogP contribution >= 0.6 is 27.5 Å². The Morgan fingerprint density at radius 2 is 2.10 bits per heavy atom. The molecule has 2 nitrogen and oxygen atoms in total. The Morgan fingerprint density at radius 3 is 2.80 bits per heavy atom. The fourth-order valence-corrected chi connectivity index (χ4v) is 2.64. The molecule has 0 aliphatic rings. The maximum atomic E-state index is 13.4. The van der Waals surface area contributed by atoms with Crippen LogP contribution in [0.4, 0.5) is 4.39 Å². The number of aliphatic hydroxyl groups is 1. The molecule has 0 saturated carbocycles. The third kappa shape index (κ3) is 3.32. The second-order valence-corrected chi connectivity index (χ2v) is 5.55. The molecule has 0 fully saturated rings. The van der Waals surface area contributed by atoms with Gasteiger partial charge in [0.25, 0.3) is 0 Å². The number of methoxy groups -OCH3 is 1. The van der Waals surface area contributed by atoms with Crippen LogP contribution in [0.1, 0.15) is 17.2 Å². The average Bonchev–Trinajstić information content (AvgIpc) is 2.44. The average molecular weight is 360 g/mol. The van der Waals surface area contributed by atoms with Crippen LogP contribution in [0.15, 0.2) is 40.9 Å². The van der Waals surface area contributed by atoms with Crippen LogP contribution in [-0.4, -0.2) is 12.2 Å². The lowest BCUT2D eigenvalue weighted by Crippen LogP contribution is -2.04. The summed E-state index contributed by atoms with van der Waals surface area (Å²) in [5.74, 6) is 0.161. The molecule has 0 aromatic heterocycles. The van der Waals surface area contributed by atoms with Crippen molar-refractivity contribution in [1.29, 1.82) is 0 Å². The molecule has 2 aromatic carbocycles. The molecule has 106 valence electrons. The number of hydrogen-bond donors (Lipinski definition) is 1. The SMILES string of the molecule is COc1ccc(Br)c(C(O)Cc2cccc(F)c2Cl)c1. The predicted molar refractivity (Wildman–Crippen MR) is 80.8 cm³/mol. The maximum absolute atomic E-state index is 13.4. The van der Waals surface area contributed by atoms with E-state index >= 15 is 0 Å². The molecule has 2 rings (SSSR count). The Hall–Kier alpha value is -1.10. The predicted octanol–water partition coefficient (Wildman–Crippen LogP) is 4.53. The zero-order chi connectivity index (χ0) is 14.7. The summed E-state index contributed by atoms with van der Waals surface area (Å²) in [5, 5.41) is 10.4. The molecular weight excluding hydrogens is 347 g/mol. The number of hydrogen-bond acceptors (Lipinski definition) is 2. The van der Waals surface area contributed by atoms with Gasteiger partial charge in [-0.15, -0.1) is 0 Å². The van der Waals surface area contributed by atoms with Gasteiger partial charge in [0.15, 0.2) is 0 Å². The van der Waals surface area contributed by atoms with E-state index in [1.807, 2.05) is 0 Å². The van der Waals surface area contributed by atoms with Crippen molar-refractivity contribution in [2.45, 2.75) is 12.5 Å². The molecule has 0 spiro atoms. The van der Waals surface area contributed by atoms with Gasteiger partial charge in [-0.2, -0.15) is 0 Å². The quantitative estimate of drug-likeness (QED) is 0.869. The minimum Gasteiger partial charge on any atom is -0.497 e. The Morgan fingerprint density at radius 1 is 1.35 bits per heavy atom. The summed E-state index contributed by atoms with van der Waals surface area (Å²) in [6.45, 7) is 0. The summed E-state index contributed by atoms with van der Waals surface area (Å²) in [5.41, 5.74) is 1.23. The van der Waals surface area contributed by atoms with E-state index in [0.29, 0.717) is 16.9 Å². The highest BCUT2D eigenvalue weighted by atomic mass is 79.9. The van der Waals surface area contributed by atoms with Crippen LogP contribution in [0.25, 0.3) is 0 Å². The maximum Gasteiger partial charge on any atom is 0.142 e. The third-order valence-electron chi connectivity index (χ3n) is 3.01. The van der Waals surface area contributed by atoms with E-state index in [0.717, 1.165) is 4.47 Å². The van der Waals surface area contributed by atoms with Gasteiger partial charge >= 0.3 is 0 Å². The Labute approximate surface area is 130 Å². The van der Waals surface area contributed by atoms with E-state index in [2.05, 4.69) is 15.9 Å². The van der Waals surface area contributed by atoms with E-state index in [4.69, 9.17) is 16.3 Å². The van der Waals surface area contributed by atoms with Crippen molar-refractivity contribution in [3.8, 4) is 5.75 Å². The molecule has 1 N–H and O–H groups in total. The monoisotopic (exact) mass is 358 g/mol. The molecule has 0 saturated heterocycles. The van der Waals surface area contributed by atoms with Crippen LogP contribution in [0.5, 0.6) is 5.75 Å². The zero-order valence-corrected chi connectivity index (χ0v) is 13.1. The fraction of sp³-hybridized carbons (Fsp3) is 0.200. The second-order valence-electron chi connectivity index (χ2n) is 4.32. The summed E-state index contributed by atoms with van der Waals surface area (Å²) < 4.78 is 19.3. The van der Waals surface area contributed by atoms with Gasteiger partial charge in [0, 0.05) is 10.9 Å². The largest absolute Gasteiger partial charge is 0.497 e. The van der Waals surface area contributed by atoms with Crippen molar-refractivity contribution >= 4 is 27.5 Å². The lowest BCUT2D eigenvalue weighted by atomic mass is 10.0. The fourth-order valence-electron chi connectivity index (χ4n) is 1.93. The number of ether oxygens (including phenoxy) is 1. The topological polar surface area (TPSA) is 29.5 Å². The number of aliphatic hydroxyl groups excluding tert-OH is 1. The van der Waals surface area contributed by atoms with Crippen LogP contribution in [0.2, 0.25) is 5.02 Å². The smallest absolute Gasteiger partial charge is 0.142 e. The number of halogens is 3.